The van der Waals surface area contributed by atoms with Crippen molar-refractivity contribution in [1.82, 2.24) is 15.3 Å². The summed E-state index contributed by atoms with van der Waals surface area (Å²) in [5, 5.41) is 13.3. The van der Waals surface area contributed by atoms with Crippen molar-refractivity contribution in [3.05, 3.63) is 108 Å². The number of carbonyl (C=O) groups is 1. The number of rotatable bonds is 7. The highest BCUT2D eigenvalue weighted by molar-refractivity contribution is 5.91. The number of fused-ring (bicyclic) bond motifs is 1. The molecular formula is C27H25N3O3. The standard InChI is InChI=1S/C27H25N3O3/c31-27(32)22-8-4-7-21-23(13-14-33-26(21)22)30-24(25-16-28-17-29-25)15-18-9-11-20(12-10-18)19-5-2-1-3-6-19/h1-12,16-17,23-24,30H,13-15H2,(H,28,29)(H,31,32). The minimum Gasteiger partial charge on any atom is -0.492 e. The van der Waals surface area contributed by atoms with E-state index in [1.54, 1.807) is 18.5 Å². The van der Waals surface area contributed by atoms with Crippen molar-refractivity contribution in [3.63, 3.8) is 0 Å². The summed E-state index contributed by atoms with van der Waals surface area (Å²) in [5.41, 5.74) is 5.65. The first-order valence-electron chi connectivity index (χ1n) is 11.1. The van der Waals surface area contributed by atoms with Crippen LogP contribution >= 0.6 is 0 Å². The van der Waals surface area contributed by atoms with E-state index >= 15 is 0 Å². The zero-order chi connectivity index (χ0) is 22.6. The van der Waals surface area contributed by atoms with Crippen molar-refractivity contribution < 1.29 is 14.6 Å². The fourth-order valence-electron chi connectivity index (χ4n) is 4.42. The molecule has 5 rings (SSSR count). The molecule has 166 valence electrons. The van der Waals surface area contributed by atoms with Gasteiger partial charge in [-0.2, -0.15) is 0 Å². The number of aromatic amines is 1. The van der Waals surface area contributed by atoms with Crippen LogP contribution < -0.4 is 10.1 Å². The van der Waals surface area contributed by atoms with Crippen LogP contribution in [0, 0.1) is 0 Å². The van der Waals surface area contributed by atoms with Crippen LogP contribution in [-0.4, -0.2) is 27.7 Å². The predicted molar refractivity (Wildman–Crippen MR) is 126 cm³/mol. The Balaban J connectivity index is 1.39. The van der Waals surface area contributed by atoms with E-state index in [0.29, 0.717) is 12.4 Å². The molecule has 6 heteroatoms. The number of nitrogens with one attached hydrogen (secondary N) is 2. The Bertz CT molecular complexity index is 1220. The van der Waals surface area contributed by atoms with Crippen LogP contribution in [0.15, 0.2) is 85.3 Å². The van der Waals surface area contributed by atoms with Crippen LogP contribution in [0.2, 0.25) is 0 Å². The van der Waals surface area contributed by atoms with Gasteiger partial charge in [0.15, 0.2) is 0 Å². The number of carboxylic acid groups (broad SMARTS) is 1. The second kappa shape index (κ2) is 9.30. The van der Waals surface area contributed by atoms with Crippen molar-refractivity contribution in [1.29, 1.82) is 0 Å². The number of benzene rings is 3. The molecule has 3 N–H and O–H groups in total. The van der Waals surface area contributed by atoms with Gasteiger partial charge in [0.2, 0.25) is 0 Å². The number of ether oxygens (including phenoxy) is 1. The van der Waals surface area contributed by atoms with Crippen LogP contribution in [0.1, 0.15) is 45.7 Å². The third-order valence-electron chi connectivity index (χ3n) is 6.10. The maximum Gasteiger partial charge on any atom is 0.339 e. The molecule has 0 aliphatic carbocycles. The number of para-hydroxylation sites is 1. The van der Waals surface area contributed by atoms with Crippen molar-refractivity contribution in [2.75, 3.05) is 6.61 Å². The average Bonchev–Trinajstić information content (AvgIpc) is 3.39. The number of hydrogen-bond donors (Lipinski definition) is 3. The Hall–Kier alpha value is -3.90. The van der Waals surface area contributed by atoms with Crippen molar-refractivity contribution in [2.45, 2.75) is 24.9 Å². The summed E-state index contributed by atoms with van der Waals surface area (Å²) < 4.78 is 5.75. The van der Waals surface area contributed by atoms with Crippen LogP contribution in [0.3, 0.4) is 0 Å². The van der Waals surface area contributed by atoms with Crippen LogP contribution in [0.5, 0.6) is 5.75 Å². The molecule has 1 aliphatic heterocycles. The van der Waals surface area contributed by atoms with Crippen LogP contribution in [0.4, 0.5) is 0 Å². The van der Waals surface area contributed by atoms with Gasteiger partial charge in [0, 0.05) is 24.2 Å². The fourth-order valence-corrected chi connectivity index (χ4v) is 4.42. The van der Waals surface area contributed by atoms with E-state index < -0.39 is 5.97 Å². The maximum atomic E-state index is 11.6. The summed E-state index contributed by atoms with van der Waals surface area (Å²) in [6.45, 7) is 0.469. The average molecular weight is 440 g/mol. The number of aromatic carboxylic acids is 1. The molecule has 0 amide bonds. The van der Waals surface area contributed by atoms with Gasteiger partial charge in [0.25, 0.3) is 0 Å². The lowest BCUT2D eigenvalue weighted by atomic mass is 9.94. The number of aromatic nitrogens is 2. The molecule has 0 bridgehead atoms. The quantitative estimate of drug-likeness (QED) is 0.370. The van der Waals surface area contributed by atoms with Gasteiger partial charge in [-0.05, 0) is 29.2 Å². The fraction of sp³-hybridized carbons (Fsp3) is 0.185. The number of hydrogen-bond acceptors (Lipinski definition) is 4. The minimum atomic E-state index is -0.976. The SMILES string of the molecule is O=C(O)c1cccc2c1OCCC2NC(Cc1ccc(-c2ccccc2)cc1)c1cnc[nH]1. The van der Waals surface area contributed by atoms with Gasteiger partial charge in [-0.1, -0.05) is 66.7 Å². The van der Waals surface area contributed by atoms with Crippen molar-refractivity contribution >= 4 is 5.97 Å². The van der Waals surface area contributed by atoms with Crippen LogP contribution in [0.25, 0.3) is 11.1 Å². The molecule has 1 aliphatic rings. The molecule has 2 atom stereocenters. The number of carboxylic acids is 1. The first kappa shape index (κ1) is 21.0. The van der Waals surface area contributed by atoms with Crippen molar-refractivity contribution in [2.24, 2.45) is 0 Å². The maximum absolute atomic E-state index is 11.6. The van der Waals surface area contributed by atoms with Gasteiger partial charge in [-0.15, -0.1) is 0 Å². The molecule has 0 saturated carbocycles. The summed E-state index contributed by atoms with van der Waals surface area (Å²) >= 11 is 0. The monoisotopic (exact) mass is 439 g/mol. The zero-order valence-electron chi connectivity index (χ0n) is 18.1. The van der Waals surface area contributed by atoms with Gasteiger partial charge in [-0.3, -0.25) is 0 Å². The molecule has 0 fully saturated rings. The summed E-state index contributed by atoms with van der Waals surface area (Å²) in [4.78, 5) is 19.1. The van der Waals surface area contributed by atoms with Gasteiger partial charge in [-0.25, -0.2) is 9.78 Å². The van der Waals surface area contributed by atoms with Crippen molar-refractivity contribution in [3.8, 4) is 16.9 Å². The Labute approximate surface area is 192 Å². The first-order valence-corrected chi connectivity index (χ1v) is 11.1. The lowest BCUT2D eigenvalue weighted by molar-refractivity contribution is 0.0690. The Morgan fingerprint density at radius 2 is 1.85 bits per heavy atom. The topological polar surface area (TPSA) is 87.2 Å². The molecule has 0 saturated heterocycles. The second-order valence-corrected chi connectivity index (χ2v) is 8.21. The molecule has 2 unspecified atom stereocenters. The normalized spacial score (nSPS) is 15.9. The molecule has 6 nitrogen and oxygen atoms in total. The Morgan fingerprint density at radius 1 is 1.06 bits per heavy atom. The molecule has 0 radical (unpaired) electrons. The minimum absolute atomic E-state index is 0.0143. The number of imidazole rings is 1. The third-order valence-corrected chi connectivity index (χ3v) is 6.10. The van der Waals surface area contributed by atoms with E-state index in [2.05, 4.69) is 51.7 Å². The van der Waals surface area contributed by atoms with Crippen LogP contribution in [-0.2, 0) is 6.42 Å². The molecule has 4 aromatic rings. The Kier molecular flexibility index (Phi) is 5.91. The van der Waals surface area contributed by atoms with Gasteiger partial charge < -0.3 is 20.1 Å². The molecular weight excluding hydrogens is 414 g/mol. The number of H-pyrrole nitrogens is 1. The lowest BCUT2D eigenvalue weighted by Crippen LogP contribution is -2.32. The highest BCUT2D eigenvalue weighted by atomic mass is 16.5. The molecule has 0 spiro atoms. The summed E-state index contributed by atoms with van der Waals surface area (Å²) in [5.74, 6) is -0.513. The third kappa shape index (κ3) is 4.52. The summed E-state index contributed by atoms with van der Waals surface area (Å²) in [6, 6.07) is 24.2. The summed E-state index contributed by atoms with van der Waals surface area (Å²) in [7, 11) is 0. The van der Waals surface area contributed by atoms with E-state index in [1.807, 2.05) is 30.5 Å². The van der Waals surface area contributed by atoms with E-state index in [0.717, 1.165) is 24.1 Å². The zero-order valence-corrected chi connectivity index (χ0v) is 18.1. The number of nitrogens with zero attached hydrogens (tertiary/aromatic N) is 1. The van der Waals surface area contributed by atoms with Gasteiger partial charge >= 0.3 is 5.97 Å². The molecule has 1 aromatic heterocycles. The van der Waals surface area contributed by atoms with Gasteiger partial charge in [0.1, 0.15) is 11.3 Å². The van der Waals surface area contributed by atoms with E-state index in [1.165, 1.54) is 16.7 Å². The largest absolute Gasteiger partial charge is 0.492 e. The molecule has 3 aromatic carbocycles. The smallest absolute Gasteiger partial charge is 0.339 e. The van der Waals surface area contributed by atoms with E-state index in [4.69, 9.17) is 4.74 Å². The first-order chi connectivity index (χ1) is 16.2. The van der Waals surface area contributed by atoms with E-state index in [9.17, 15) is 9.90 Å². The second-order valence-electron chi connectivity index (χ2n) is 8.21. The van der Waals surface area contributed by atoms with E-state index in [-0.39, 0.29) is 17.6 Å². The molecule has 2 heterocycles. The Morgan fingerprint density at radius 3 is 2.58 bits per heavy atom. The lowest BCUT2D eigenvalue weighted by Gasteiger charge is -2.31. The molecule has 33 heavy (non-hydrogen) atoms. The highest BCUT2D eigenvalue weighted by Crippen LogP contribution is 2.36. The predicted octanol–water partition coefficient (Wildman–Crippen LogP) is 5.17. The van der Waals surface area contributed by atoms with Gasteiger partial charge in [0.05, 0.1) is 24.7 Å². The highest BCUT2D eigenvalue weighted by Gasteiger charge is 2.28. The summed E-state index contributed by atoms with van der Waals surface area (Å²) in [6.07, 6.45) is 5.04.